The summed E-state index contributed by atoms with van der Waals surface area (Å²) in [7, 11) is 0. The summed E-state index contributed by atoms with van der Waals surface area (Å²) < 4.78 is 5.68. The number of nitrogens with two attached hydrogens (primary N) is 1. The molecule has 2 heteroatoms. The van der Waals surface area contributed by atoms with Crippen molar-refractivity contribution in [3.8, 4) is 5.75 Å². The molecule has 0 aromatic heterocycles. The van der Waals surface area contributed by atoms with Crippen LogP contribution in [-0.4, -0.2) is 12.6 Å². The molecule has 0 fully saturated rings. The van der Waals surface area contributed by atoms with E-state index < -0.39 is 0 Å². The third kappa shape index (κ3) is 3.92. The fourth-order valence-corrected chi connectivity index (χ4v) is 1.36. The number of rotatable bonds is 5. The summed E-state index contributed by atoms with van der Waals surface area (Å²) in [5.74, 6) is 1.49. The third-order valence-electron chi connectivity index (χ3n) is 2.66. The van der Waals surface area contributed by atoms with Gasteiger partial charge in [-0.3, -0.25) is 0 Å². The molecule has 0 aliphatic heterocycles. The minimum atomic E-state index is 0.231. The van der Waals surface area contributed by atoms with Gasteiger partial charge in [0.25, 0.3) is 0 Å². The van der Waals surface area contributed by atoms with Gasteiger partial charge in [0.2, 0.25) is 0 Å². The molecule has 0 saturated carbocycles. The first-order valence-corrected chi connectivity index (χ1v) is 5.55. The molecular formula is C13H21NO. The minimum absolute atomic E-state index is 0.231. The first kappa shape index (κ1) is 12.1. The maximum absolute atomic E-state index is 5.94. The molecule has 1 atom stereocenters. The molecule has 84 valence electrons. The lowest BCUT2D eigenvalue weighted by Crippen LogP contribution is -2.28. The highest BCUT2D eigenvalue weighted by atomic mass is 16.5. The maximum atomic E-state index is 5.94. The summed E-state index contributed by atoms with van der Waals surface area (Å²) in [5.41, 5.74) is 7.12. The number of benzene rings is 1. The normalized spacial score (nSPS) is 12.9. The second kappa shape index (κ2) is 5.76. The van der Waals surface area contributed by atoms with E-state index in [1.165, 1.54) is 5.56 Å². The number of hydrogen-bond acceptors (Lipinski definition) is 2. The third-order valence-corrected chi connectivity index (χ3v) is 2.66. The second-order valence-corrected chi connectivity index (χ2v) is 4.31. The van der Waals surface area contributed by atoms with Gasteiger partial charge >= 0.3 is 0 Å². The second-order valence-electron chi connectivity index (χ2n) is 4.31. The minimum Gasteiger partial charge on any atom is -0.493 e. The van der Waals surface area contributed by atoms with Crippen molar-refractivity contribution in [2.24, 2.45) is 11.7 Å². The van der Waals surface area contributed by atoms with Crippen molar-refractivity contribution in [2.75, 3.05) is 6.61 Å². The molecule has 0 aliphatic rings. The van der Waals surface area contributed by atoms with Crippen LogP contribution in [0.3, 0.4) is 0 Å². The lowest BCUT2D eigenvalue weighted by atomic mass is 10.0. The molecule has 2 nitrogen and oxygen atoms in total. The van der Waals surface area contributed by atoms with Gasteiger partial charge in [0, 0.05) is 6.04 Å². The van der Waals surface area contributed by atoms with E-state index in [0.29, 0.717) is 12.5 Å². The van der Waals surface area contributed by atoms with Crippen LogP contribution in [0.1, 0.15) is 25.8 Å². The molecule has 0 amide bonds. The summed E-state index contributed by atoms with van der Waals surface area (Å²) in [4.78, 5) is 0. The van der Waals surface area contributed by atoms with Gasteiger partial charge in [0.05, 0.1) is 6.61 Å². The van der Waals surface area contributed by atoms with Crippen molar-refractivity contribution in [2.45, 2.75) is 33.2 Å². The Morgan fingerprint density at radius 3 is 2.53 bits per heavy atom. The van der Waals surface area contributed by atoms with Crippen LogP contribution in [0.25, 0.3) is 0 Å². The lowest BCUT2D eigenvalue weighted by molar-refractivity contribution is 0.281. The van der Waals surface area contributed by atoms with E-state index in [0.717, 1.165) is 12.2 Å². The zero-order valence-corrected chi connectivity index (χ0v) is 9.86. The van der Waals surface area contributed by atoms with Crippen molar-refractivity contribution in [3.05, 3.63) is 29.8 Å². The predicted octanol–water partition coefficient (Wildman–Crippen LogP) is 2.75. The van der Waals surface area contributed by atoms with Gasteiger partial charge in [0.1, 0.15) is 5.75 Å². The average Bonchev–Trinajstić information content (AvgIpc) is 2.20. The van der Waals surface area contributed by atoms with Gasteiger partial charge in [-0.25, -0.2) is 0 Å². The zero-order valence-electron chi connectivity index (χ0n) is 9.86. The van der Waals surface area contributed by atoms with Crippen molar-refractivity contribution in [3.63, 3.8) is 0 Å². The largest absolute Gasteiger partial charge is 0.493 e. The number of para-hydroxylation sites is 1. The highest BCUT2D eigenvalue weighted by Gasteiger charge is 2.07. The van der Waals surface area contributed by atoms with Crippen LogP contribution in [0.15, 0.2) is 24.3 Å². The molecule has 0 bridgehead atoms. The van der Waals surface area contributed by atoms with E-state index in [9.17, 15) is 0 Å². The van der Waals surface area contributed by atoms with Crippen LogP contribution < -0.4 is 10.5 Å². The van der Waals surface area contributed by atoms with Crippen molar-refractivity contribution < 1.29 is 4.74 Å². The quantitative estimate of drug-likeness (QED) is 0.805. The fraction of sp³-hybridized carbons (Fsp3) is 0.538. The van der Waals surface area contributed by atoms with E-state index in [-0.39, 0.29) is 6.04 Å². The lowest BCUT2D eigenvalue weighted by Gasteiger charge is -2.16. The molecular weight excluding hydrogens is 186 g/mol. The van der Waals surface area contributed by atoms with E-state index in [1.54, 1.807) is 0 Å². The Morgan fingerprint density at radius 2 is 1.93 bits per heavy atom. The molecule has 1 rings (SSSR count). The summed E-state index contributed by atoms with van der Waals surface area (Å²) in [5, 5.41) is 0. The van der Waals surface area contributed by atoms with E-state index >= 15 is 0 Å². The first-order valence-electron chi connectivity index (χ1n) is 5.55. The molecule has 2 N–H and O–H groups in total. The van der Waals surface area contributed by atoms with Crippen molar-refractivity contribution in [1.29, 1.82) is 0 Å². The van der Waals surface area contributed by atoms with E-state index in [1.807, 2.05) is 18.2 Å². The van der Waals surface area contributed by atoms with Crippen LogP contribution in [0.5, 0.6) is 5.75 Å². The number of aryl methyl sites for hydroxylation is 1. The van der Waals surface area contributed by atoms with Crippen LogP contribution in [0.4, 0.5) is 0 Å². The smallest absolute Gasteiger partial charge is 0.122 e. The highest BCUT2D eigenvalue weighted by Crippen LogP contribution is 2.16. The van der Waals surface area contributed by atoms with Gasteiger partial charge in [-0.05, 0) is 30.9 Å². The Kier molecular flexibility index (Phi) is 4.63. The molecule has 1 unspecified atom stereocenters. The molecule has 0 spiro atoms. The van der Waals surface area contributed by atoms with Crippen LogP contribution in [0.2, 0.25) is 0 Å². The average molecular weight is 207 g/mol. The highest BCUT2D eigenvalue weighted by molar-refractivity contribution is 5.31. The number of ether oxygens (including phenoxy) is 1. The molecule has 0 radical (unpaired) electrons. The Morgan fingerprint density at radius 1 is 1.27 bits per heavy atom. The molecule has 15 heavy (non-hydrogen) atoms. The molecule has 0 saturated heterocycles. The Bertz CT molecular complexity index is 296. The van der Waals surface area contributed by atoms with Crippen molar-refractivity contribution in [1.82, 2.24) is 0 Å². The predicted molar refractivity (Wildman–Crippen MR) is 64.1 cm³/mol. The Hall–Kier alpha value is -1.02. The molecule has 0 heterocycles. The molecule has 1 aromatic rings. The first-order chi connectivity index (χ1) is 7.11. The Balaban J connectivity index is 2.35. The van der Waals surface area contributed by atoms with Gasteiger partial charge in [0.15, 0.2) is 0 Å². The van der Waals surface area contributed by atoms with Crippen LogP contribution >= 0.6 is 0 Å². The van der Waals surface area contributed by atoms with Crippen LogP contribution in [0, 0.1) is 12.8 Å². The molecule has 1 aromatic carbocycles. The van der Waals surface area contributed by atoms with Gasteiger partial charge in [-0.1, -0.05) is 32.0 Å². The number of hydrogen-bond donors (Lipinski definition) is 1. The van der Waals surface area contributed by atoms with Crippen LogP contribution in [-0.2, 0) is 0 Å². The van der Waals surface area contributed by atoms with Gasteiger partial charge in [-0.15, -0.1) is 0 Å². The summed E-state index contributed by atoms with van der Waals surface area (Å²) >= 11 is 0. The maximum Gasteiger partial charge on any atom is 0.122 e. The summed E-state index contributed by atoms with van der Waals surface area (Å²) in [6.07, 6.45) is 0.909. The topological polar surface area (TPSA) is 35.2 Å². The Labute approximate surface area is 92.4 Å². The zero-order chi connectivity index (χ0) is 11.3. The molecule has 0 aliphatic carbocycles. The van der Waals surface area contributed by atoms with E-state index in [2.05, 4.69) is 26.8 Å². The van der Waals surface area contributed by atoms with Gasteiger partial charge in [-0.2, -0.15) is 0 Å². The monoisotopic (exact) mass is 207 g/mol. The van der Waals surface area contributed by atoms with E-state index in [4.69, 9.17) is 10.5 Å². The van der Waals surface area contributed by atoms with Crippen molar-refractivity contribution >= 4 is 0 Å². The fourth-order valence-electron chi connectivity index (χ4n) is 1.36. The SMILES string of the molecule is Cc1ccccc1OCCC(N)C(C)C. The standard InChI is InChI=1S/C13H21NO/c1-10(2)12(14)8-9-15-13-7-5-4-6-11(13)3/h4-7,10,12H,8-9,14H2,1-3H3. The summed E-state index contributed by atoms with van der Waals surface area (Å²) in [6, 6.07) is 8.29. The van der Waals surface area contributed by atoms with Gasteiger partial charge < -0.3 is 10.5 Å². The summed E-state index contributed by atoms with van der Waals surface area (Å²) in [6.45, 7) is 7.03.